The van der Waals surface area contributed by atoms with Gasteiger partial charge in [-0.2, -0.15) is 31.3 Å². The first-order chi connectivity index (χ1) is 23.2. The molecule has 17 heteroatoms. The lowest BCUT2D eigenvalue weighted by molar-refractivity contribution is -0.144. The number of aliphatic hydroxyl groups is 1. The van der Waals surface area contributed by atoms with Gasteiger partial charge in [-0.1, -0.05) is 18.5 Å². The van der Waals surface area contributed by atoms with E-state index in [0.29, 0.717) is 81.1 Å². The van der Waals surface area contributed by atoms with Crippen LogP contribution in [0.15, 0.2) is 36.8 Å². The number of hydrogen-bond acceptors (Lipinski definition) is 9. The van der Waals surface area contributed by atoms with Crippen LogP contribution in [0.2, 0.25) is 5.02 Å². The highest BCUT2D eigenvalue weighted by atomic mass is 35.5. The molecule has 0 bridgehead atoms. The molecule has 2 aromatic heterocycles. The number of rotatable bonds is 11. The first kappa shape index (κ1) is 36.4. The van der Waals surface area contributed by atoms with Crippen LogP contribution in [0.4, 0.5) is 44.1 Å². The summed E-state index contributed by atoms with van der Waals surface area (Å²) in [5.41, 5.74) is -2.33. The normalized spacial score (nSPS) is 19.0. The van der Waals surface area contributed by atoms with Crippen molar-refractivity contribution in [1.29, 1.82) is 0 Å². The summed E-state index contributed by atoms with van der Waals surface area (Å²) in [6.07, 6.45) is -2.62. The number of aliphatic carboxylic acids is 1. The standard InChI is InChI=1S/C32H36ClF6N7O3/c1-2-24-13-25(18-45(24)27-26(33)16-42-30(43-27)44-7-5-21(6-8-44)28(48)49)46(29-40-14-19(15-41-29)4-3-9-47)17-20-10-22(31(34,35)36)12-23(11-20)32(37,38)39/h10-12,14-16,21,24-25,47H,2-9,13,17-18H2,1H3,(H,48,49)/t24?,25-/m0/s1. The number of hydrogen-bond donors (Lipinski definition) is 2. The number of halogens is 7. The van der Waals surface area contributed by atoms with E-state index < -0.39 is 41.4 Å². The highest BCUT2D eigenvalue weighted by molar-refractivity contribution is 6.32. The average molecular weight is 716 g/mol. The number of piperidine rings is 1. The molecule has 5 rings (SSSR count). The summed E-state index contributed by atoms with van der Waals surface area (Å²) in [6, 6.07) is 0.884. The van der Waals surface area contributed by atoms with Crippen molar-refractivity contribution in [3.05, 3.63) is 64.1 Å². The minimum atomic E-state index is -5.01. The summed E-state index contributed by atoms with van der Waals surface area (Å²) in [5.74, 6) is -0.382. The summed E-state index contributed by atoms with van der Waals surface area (Å²) in [5, 5.41) is 18.8. The molecule has 1 aromatic carbocycles. The van der Waals surface area contributed by atoms with Crippen molar-refractivity contribution >= 4 is 35.3 Å². The largest absolute Gasteiger partial charge is 0.481 e. The maximum absolute atomic E-state index is 13.8. The van der Waals surface area contributed by atoms with Crippen LogP contribution in [0, 0.1) is 5.92 Å². The molecule has 2 aliphatic heterocycles. The highest BCUT2D eigenvalue weighted by Crippen LogP contribution is 2.39. The number of aryl methyl sites for hydroxylation is 1. The summed E-state index contributed by atoms with van der Waals surface area (Å²) < 4.78 is 82.5. The zero-order chi connectivity index (χ0) is 35.5. The Morgan fingerprint density at radius 3 is 2.16 bits per heavy atom. The molecule has 266 valence electrons. The highest BCUT2D eigenvalue weighted by Gasteiger charge is 2.40. The van der Waals surface area contributed by atoms with Crippen LogP contribution in [0.1, 0.15) is 61.3 Å². The molecule has 0 spiro atoms. The summed E-state index contributed by atoms with van der Waals surface area (Å²) >= 11 is 6.62. The van der Waals surface area contributed by atoms with E-state index in [-0.39, 0.29) is 48.3 Å². The maximum Gasteiger partial charge on any atom is 0.416 e. The minimum Gasteiger partial charge on any atom is -0.481 e. The second-order valence-corrected chi connectivity index (χ2v) is 12.7. The van der Waals surface area contributed by atoms with E-state index in [4.69, 9.17) is 16.6 Å². The number of nitrogens with zero attached hydrogens (tertiary/aromatic N) is 7. The zero-order valence-corrected chi connectivity index (χ0v) is 27.3. The Kier molecular flexibility index (Phi) is 11.1. The van der Waals surface area contributed by atoms with Crippen LogP contribution in [0.3, 0.4) is 0 Å². The van der Waals surface area contributed by atoms with Crippen LogP contribution < -0.4 is 14.7 Å². The fourth-order valence-corrected chi connectivity index (χ4v) is 6.57. The Balaban J connectivity index is 1.48. The Bertz CT molecular complexity index is 1570. The Labute approximate surface area is 283 Å². The van der Waals surface area contributed by atoms with Crippen LogP contribution in [0.25, 0.3) is 0 Å². The van der Waals surface area contributed by atoms with Crippen LogP contribution in [-0.4, -0.2) is 74.4 Å². The lowest BCUT2D eigenvalue weighted by atomic mass is 9.97. The summed E-state index contributed by atoms with van der Waals surface area (Å²) in [7, 11) is 0. The van der Waals surface area contributed by atoms with Crippen molar-refractivity contribution in [2.24, 2.45) is 5.92 Å². The Morgan fingerprint density at radius 1 is 0.980 bits per heavy atom. The number of alkyl halides is 6. The minimum absolute atomic E-state index is 0.0464. The fourth-order valence-electron chi connectivity index (χ4n) is 6.37. The first-order valence-corrected chi connectivity index (χ1v) is 16.3. The molecule has 4 heterocycles. The smallest absolute Gasteiger partial charge is 0.416 e. The van der Waals surface area contributed by atoms with Crippen molar-refractivity contribution < 1.29 is 41.4 Å². The molecule has 2 atom stereocenters. The number of carbonyl (C=O) groups is 1. The first-order valence-electron chi connectivity index (χ1n) is 15.9. The van der Waals surface area contributed by atoms with Crippen LogP contribution in [-0.2, 0) is 30.1 Å². The van der Waals surface area contributed by atoms with E-state index in [1.165, 1.54) is 18.6 Å². The van der Waals surface area contributed by atoms with Crippen molar-refractivity contribution in [1.82, 2.24) is 19.9 Å². The van der Waals surface area contributed by atoms with Gasteiger partial charge in [-0.3, -0.25) is 4.79 Å². The molecular formula is C32H36ClF6N7O3. The van der Waals surface area contributed by atoms with E-state index in [0.717, 1.165) is 0 Å². The van der Waals surface area contributed by atoms with Gasteiger partial charge in [-0.25, -0.2) is 15.0 Å². The van der Waals surface area contributed by atoms with E-state index in [1.54, 1.807) is 4.90 Å². The molecule has 2 fully saturated rings. The van der Waals surface area contributed by atoms with Gasteiger partial charge in [0.25, 0.3) is 0 Å². The second kappa shape index (κ2) is 14.9. The van der Waals surface area contributed by atoms with E-state index in [2.05, 4.69) is 15.0 Å². The quantitative estimate of drug-likeness (QED) is 0.221. The van der Waals surface area contributed by atoms with Gasteiger partial charge in [0.05, 0.1) is 29.3 Å². The number of carboxylic acids is 1. The van der Waals surface area contributed by atoms with Gasteiger partial charge >= 0.3 is 18.3 Å². The summed E-state index contributed by atoms with van der Waals surface area (Å²) in [6.45, 7) is 2.68. The predicted octanol–water partition coefficient (Wildman–Crippen LogP) is 6.25. The third kappa shape index (κ3) is 8.63. The molecule has 10 nitrogen and oxygen atoms in total. The van der Waals surface area contributed by atoms with Crippen molar-refractivity contribution in [2.45, 2.75) is 76.4 Å². The van der Waals surface area contributed by atoms with Crippen LogP contribution in [0.5, 0.6) is 0 Å². The topological polar surface area (TPSA) is 119 Å². The number of anilines is 3. The molecule has 49 heavy (non-hydrogen) atoms. The average Bonchev–Trinajstić information content (AvgIpc) is 3.50. The van der Waals surface area contributed by atoms with Crippen LogP contribution >= 0.6 is 11.6 Å². The molecule has 1 unspecified atom stereocenters. The lowest BCUT2D eigenvalue weighted by Crippen LogP contribution is -2.39. The maximum atomic E-state index is 13.8. The molecule has 0 amide bonds. The van der Waals surface area contributed by atoms with Gasteiger partial charge < -0.3 is 24.9 Å². The van der Waals surface area contributed by atoms with Gasteiger partial charge in [0.15, 0.2) is 5.82 Å². The van der Waals surface area contributed by atoms with Crippen molar-refractivity contribution in [2.75, 3.05) is 40.9 Å². The van der Waals surface area contributed by atoms with E-state index in [9.17, 15) is 41.4 Å². The molecule has 2 N–H and O–H groups in total. The van der Waals surface area contributed by atoms with Gasteiger partial charge in [0.1, 0.15) is 5.02 Å². The van der Waals surface area contributed by atoms with Crippen molar-refractivity contribution in [3.63, 3.8) is 0 Å². The number of carboxylic acid groups (broad SMARTS) is 1. The molecule has 2 aliphatic rings. The number of benzene rings is 1. The van der Waals surface area contributed by atoms with Gasteiger partial charge in [-0.05, 0) is 67.9 Å². The zero-order valence-electron chi connectivity index (χ0n) is 26.6. The molecule has 0 saturated carbocycles. The molecular weight excluding hydrogens is 680 g/mol. The molecule has 0 aliphatic carbocycles. The Morgan fingerprint density at radius 2 is 1.61 bits per heavy atom. The number of aliphatic hydroxyl groups excluding tert-OH is 1. The third-order valence-corrected chi connectivity index (χ3v) is 9.26. The van der Waals surface area contributed by atoms with E-state index in [1.807, 2.05) is 16.7 Å². The van der Waals surface area contributed by atoms with Gasteiger partial charge in [0.2, 0.25) is 11.9 Å². The number of aromatic nitrogens is 4. The molecule has 2 saturated heterocycles. The van der Waals surface area contributed by atoms with Gasteiger partial charge in [-0.15, -0.1) is 0 Å². The lowest BCUT2D eigenvalue weighted by Gasteiger charge is -2.32. The van der Waals surface area contributed by atoms with E-state index >= 15 is 0 Å². The summed E-state index contributed by atoms with van der Waals surface area (Å²) in [4.78, 5) is 34.9. The predicted molar refractivity (Wildman–Crippen MR) is 170 cm³/mol. The SMILES string of the molecule is CCC1C[C@H](N(Cc2cc(C(F)(F)F)cc(C(F)(F)F)c2)c2ncc(CCCO)cn2)CN1c1nc(N2CCC(C(=O)O)CC2)ncc1Cl. The fraction of sp³-hybridized carbons (Fsp3) is 0.531. The second-order valence-electron chi connectivity index (χ2n) is 12.3. The third-order valence-electron chi connectivity index (χ3n) is 8.99. The monoisotopic (exact) mass is 715 g/mol. The molecule has 3 aromatic rings. The van der Waals surface area contributed by atoms with Gasteiger partial charge in [0, 0.05) is 51.2 Å². The molecule has 0 radical (unpaired) electrons. The Hall–Kier alpha value is -3.92. The van der Waals surface area contributed by atoms with Crippen molar-refractivity contribution in [3.8, 4) is 0 Å².